The van der Waals surface area contributed by atoms with Crippen LogP contribution in [0.15, 0.2) is 30.3 Å². The highest BCUT2D eigenvalue weighted by molar-refractivity contribution is 5.22. The van der Waals surface area contributed by atoms with Gasteiger partial charge in [0, 0.05) is 26.2 Å². The molecule has 1 heterocycles. The molecule has 1 aliphatic rings. The van der Waals surface area contributed by atoms with Gasteiger partial charge in [-0.2, -0.15) is 0 Å². The van der Waals surface area contributed by atoms with Gasteiger partial charge >= 0.3 is 0 Å². The van der Waals surface area contributed by atoms with E-state index in [0.29, 0.717) is 13.0 Å². The molecule has 1 fully saturated rings. The molecule has 1 aromatic rings. The summed E-state index contributed by atoms with van der Waals surface area (Å²) in [6.07, 6.45) is 2.65. The highest BCUT2D eigenvalue weighted by atomic mass is 16.5. The van der Waals surface area contributed by atoms with Gasteiger partial charge in [0.15, 0.2) is 0 Å². The highest BCUT2D eigenvalue weighted by Crippen LogP contribution is 2.24. The van der Waals surface area contributed by atoms with E-state index in [1.54, 1.807) is 0 Å². The quantitative estimate of drug-likeness (QED) is 0.816. The van der Waals surface area contributed by atoms with E-state index in [4.69, 9.17) is 15.2 Å². The molecule has 2 rings (SSSR count). The lowest BCUT2D eigenvalue weighted by Gasteiger charge is -2.29. The van der Waals surface area contributed by atoms with E-state index >= 15 is 0 Å². The molecule has 4 nitrogen and oxygen atoms in total. The second kappa shape index (κ2) is 7.01. The maximum atomic E-state index is 10.6. The Bertz CT molecular complexity index is 365. The van der Waals surface area contributed by atoms with Crippen LogP contribution in [0, 0.1) is 0 Å². The van der Waals surface area contributed by atoms with E-state index < -0.39 is 5.60 Å². The van der Waals surface area contributed by atoms with Crippen molar-refractivity contribution in [2.45, 2.75) is 31.0 Å². The Hall–Kier alpha value is -0.940. The van der Waals surface area contributed by atoms with E-state index in [-0.39, 0.29) is 12.6 Å². The van der Waals surface area contributed by atoms with Gasteiger partial charge in [-0.05, 0) is 18.4 Å². The smallest absolute Gasteiger partial charge is 0.104 e. The lowest BCUT2D eigenvalue weighted by atomic mass is 9.91. The average molecular weight is 265 g/mol. The lowest BCUT2D eigenvalue weighted by molar-refractivity contribution is -0.0561. The molecule has 0 amide bonds. The molecule has 4 heteroatoms. The van der Waals surface area contributed by atoms with Crippen molar-refractivity contribution in [3.05, 3.63) is 35.9 Å². The van der Waals surface area contributed by atoms with E-state index in [0.717, 1.165) is 31.6 Å². The average Bonchev–Trinajstić information content (AvgIpc) is 2.49. The molecule has 0 spiro atoms. The molecule has 106 valence electrons. The molecular weight excluding hydrogens is 242 g/mol. The molecule has 19 heavy (non-hydrogen) atoms. The number of ether oxygens (including phenoxy) is 2. The molecule has 0 aliphatic carbocycles. The Labute approximate surface area is 114 Å². The fourth-order valence-corrected chi connectivity index (χ4v) is 2.35. The van der Waals surface area contributed by atoms with Crippen LogP contribution in [0.3, 0.4) is 0 Å². The fourth-order valence-electron chi connectivity index (χ4n) is 2.35. The first kappa shape index (κ1) is 14.5. The first-order valence-electron chi connectivity index (χ1n) is 6.92. The summed E-state index contributed by atoms with van der Waals surface area (Å²) >= 11 is 0. The third-order valence-corrected chi connectivity index (χ3v) is 3.69. The standard InChI is InChI=1S/C15H23NO3/c16-12-15(17,13-4-2-1-3-5-13)8-11-19-14-6-9-18-10-7-14/h1-5,14,17H,6-12,16H2. The van der Waals surface area contributed by atoms with Crippen molar-refractivity contribution >= 4 is 0 Å². The number of nitrogens with two attached hydrogens (primary N) is 1. The van der Waals surface area contributed by atoms with Gasteiger partial charge in [-0.15, -0.1) is 0 Å². The Kier molecular flexibility index (Phi) is 5.34. The Morgan fingerprint density at radius 2 is 1.95 bits per heavy atom. The van der Waals surface area contributed by atoms with Crippen molar-refractivity contribution < 1.29 is 14.6 Å². The Morgan fingerprint density at radius 3 is 2.58 bits per heavy atom. The zero-order valence-electron chi connectivity index (χ0n) is 11.3. The first-order chi connectivity index (χ1) is 9.24. The topological polar surface area (TPSA) is 64.7 Å². The van der Waals surface area contributed by atoms with Crippen molar-refractivity contribution in [2.75, 3.05) is 26.4 Å². The highest BCUT2D eigenvalue weighted by Gasteiger charge is 2.27. The molecule has 0 saturated carbocycles. The maximum Gasteiger partial charge on any atom is 0.104 e. The molecule has 1 aromatic carbocycles. The molecular formula is C15H23NO3. The molecule has 0 radical (unpaired) electrons. The number of benzene rings is 1. The maximum absolute atomic E-state index is 10.6. The molecule has 3 N–H and O–H groups in total. The van der Waals surface area contributed by atoms with Crippen LogP contribution in [0.2, 0.25) is 0 Å². The molecule has 0 aromatic heterocycles. The van der Waals surface area contributed by atoms with Gasteiger partial charge in [0.1, 0.15) is 5.60 Å². The van der Waals surface area contributed by atoms with Crippen molar-refractivity contribution in [3.8, 4) is 0 Å². The zero-order valence-corrected chi connectivity index (χ0v) is 11.3. The number of hydrogen-bond donors (Lipinski definition) is 2. The third-order valence-electron chi connectivity index (χ3n) is 3.69. The van der Waals surface area contributed by atoms with Crippen molar-refractivity contribution in [1.82, 2.24) is 0 Å². The molecule has 0 bridgehead atoms. The minimum absolute atomic E-state index is 0.203. The molecule has 1 unspecified atom stereocenters. The predicted octanol–water partition coefficient (Wildman–Crippen LogP) is 1.42. The van der Waals surface area contributed by atoms with Crippen LogP contribution in [-0.2, 0) is 15.1 Å². The van der Waals surface area contributed by atoms with E-state index in [9.17, 15) is 5.11 Å². The first-order valence-corrected chi connectivity index (χ1v) is 6.92. The van der Waals surface area contributed by atoms with Crippen LogP contribution >= 0.6 is 0 Å². The summed E-state index contributed by atoms with van der Waals surface area (Å²) < 4.78 is 11.1. The van der Waals surface area contributed by atoms with Gasteiger partial charge in [0.05, 0.1) is 12.7 Å². The van der Waals surface area contributed by atoms with Gasteiger partial charge in [0.2, 0.25) is 0 Å². The largest absolute Gasteiger partial charge is 0.384 e. The summed E-state index contributed by atoms with van der Waals surface area (Å²) in [5.41, 5.74) is 5.59. The summed E-state index contributed by atoms with van der Waals surface area (Å²) in [5.74, 6) is 0. The van der Waals surface area contributed by atoms with Gasteiger partial charge in [-0.3, -0.25) is 0 Å². The van der Waals surface area contributed by atoms with Crippen LogP contribution in [0.4, 0.5) is 0 Å². The van der Waals surface area contributed by atoms with E-state index in [1.165, 1.54) is 0 Å². The predicted molar refractivity (Wildman–Crippen MR) is 73.8 cm³/mol. The molecule has 1 aliphatic heterocycles. The summed E-state index contributed by atoms with van der Waals surface area (Å²) in [7, 11) is 0. The third kappa shape index (κ3) is 4.01. The SMILES string of the molecule is NCC(O)(CCOC1CCOCC1)c1ccccc1. The van der Waals surface area contributed by atoms with E-state index in [1.807, 2.05) is 30.3 Å². The summed E-state index contributed by atoms with van der Waals surface area (Å²) in [6.45, 7) is 2.26. The molecule has 1 atom stereocenters. The zero-order chi connectivity index (χ0) is 13.6. The summed E-state index contributed by atoms with van der Waals surface area (Å²) in [5, 5.41) is 10.6. The number of hydrogen-bond acceptors (Lipinski definition) is 4. The van der Waals surface area contributed by atoms with Gasteiger partial charge < -0.3 is 20.3 Å². The second-order valence-electron chi connectivity index (χ2n) is 5.03. The minimum Gasteiger partial charge on any atom is -0.384 e. The summed E-state index contributed by atoms with van der Waals surface area (Å²) in [4.78, 5) is 0. The monoisotopic (exact) mass is 265 g/mol. The van der Waals surface area contributed by atoms with Gasteiger partial charge in [-0.1, -0.05) is 30.3 Å². The lowest BCUT2D eigenvalue weighted by Crippen LogP contribution is -2.37. The molecule has 1 saturated heterocycles. The van der Waals surface area contributed by atoms with Crippen LogP contribution in [0.25, 0.3) is 0 Å². The van der Waals surface area contributed by atoms with Gasteiger partial charge in [0.25, 0.3) is 0 Å². The fraction of sp³-hybridized carbons (Fsp3) is 0.600. The van der Waals surface area contributed by atoms with Crippen LogP contribution in [0.1, 0.15) is 24.8 Å². The van der Waals surface area contributed by atoms with Crippen LogP contribution in [0.5, 0.6) is 0 Å². The van der Waals surface area contributed by atoms with Crippen molar-refractivity contribution in [1.29, 1.82) is 0 Å². The van der Waals surface area contributed by atoms with Crippen LogP contribution in [-0.4, -0.2) is 37.6 Å². The summed E-state index contributed by atoms with van der Waals surface area (Å²) in [6, 6.07) is 9.56. The van der Waals surface area contributed by atoms with Crippen molar-refractivity contribution in [3.63, 3.8) is 0 Å². The van der Waals surface area contributed by atoms with E-state index in [2.05, 4.69) is 0 Å². The Morgan fingerprint density at radius 1 is 1.26 bits per heavy atom. The van der Waals surface area contributed by atoms with Crippen molar-refractivity contribution in [2.24, 2.45) is 5.73 Å². The Balaban J connectivity index is 1.85. The van der Waals surface area contributed by atoms with Gasteiger partial charge in [-0.25, -0.2) is 0 Å². The number of aliphatic hydroxyl groups is 1. The van der Waals surface area contributed by atoms with Crippen LogP contribution < -0.4 is 5.73 Å². The number of rotatable bonds is 6. The second-order valence-corrected chi connectivity index (χ2v) is 5.03. The normalized spacial score (nSPS) is 20.1. The minimum atomic E-state index is -0.994.